The predicted octanol–water partition coefficient (Wildman–Crippen LogP) is 3.42. The lowest BCUT2D eigenvalue weighted by Gasteiger charge is -2.04. The first-order chi connectivity index (χ1) is 12.3. The molecule has 6 heteroatoms. The summed E-state index contributed by atoms with van der Waals surface area (Å²) in [5.74, 6) is 1.97. The van der Waals surface area contributed by atoms with Gasteiger partial charge in [0.1, 0.15) is 5.75 Å². The minimum Gasteiger partial charge on any atom is -0.497 e. The first-order valence-electron chi connectivity index (χ1n) is 8.10. The molecular weight excluding hydrogens is 314 g/mol. The number of rotatable bonds is 4. The molecule has 0 aliphatic heterocycles. The van der Waals surface area contributed by atoms with Gasteiger partial charge in [0.2, 0.25) is 0 Å². The van der Waals surface area contributed by atoms with Gasteiger partial charge in [0.15, 0.2) is 5.82 Å². The van der Waals surface area contributed by atoms with Crippen molar-refractivity contribution in [2.75, 3.05) is 7.11 Å². The van der Waals surface area contributed by atoms with E-state index in [0.717, 1.165) is 29.0 Å². The summed E-state index contributed by atoms with van der Waals surface area (Å²) in [6.45, 7) is 2.13. The van der Waals surface area contributed by atoms with Gasteiger partial charge in [-0.25, -0.2) is 4.98 Å². The zero-order chi connectivity index (χ0) is 17.2. The molecule has 0 bridgehead atoms. The molecule has 0 fully saturated rings. The van der Waals surface area contributed by atoms with Gasteiger partial charge in [0, 0.05) is 11.1 Å². The number of nitrogens with zero attached hydrogens (tertiary/aromatic N) is 5. The Morgan fingerprint density at radius 3 is 2.32 bits per heavy atom. The molecule has 0 amide bonds. The predicted molar refractivity (Wildman–Crippen MR) is 95.4 cm³/mol. The second-order valence-corrected chi connectivity index (χ2v) is 5.66. The van der Waals surface area contributed by atoms with Crippen LogP contribution in [-0.4, -0.2) is 31.9 Å². The third-order valence-electron chi connectivity index (χ3n) is 4.15. The van der Waals surface area contributed by atoms with Crippen LogP contribution in [0.5, 0.6) is 5.75 Å². The van der Waals surface area contributed by atoms with Gasteiger partial charge in [-0.1, -0.05) is 31.2 Å². The SMILES string of the molecule is CCc1ccc(-c2nnc3nc(-c4ccc(OC)cc4)cnn23)cc1. The van der Waals surface area contributed by atoms with Gasteiger partial charge < -0.3 is 4.74 Å². The van der Waals surface area contributed by atoms with Crippen LogP contribution in [0.2, 0.25) is 0 Å². The Bertz CT molecular complexity index is 1010. The van der Waals surface area contributed by atoms with E-state index in [1.807, 2.05) is 36.4 Å². The van der Waals surface area contributed by atoms with Gasteiger partial charge >= 0.3 is 0 Å². The van der Waals surface area contributed by atoms with E-state index < -0.39 is 0 Å². The molecule has 2 heterocycles. The quantitative estimate of drug-likeness (QED) is 0.573. The van der Waals surface area contributed by atoms with Crippen LogP contribution < -0.4 is 4.74 Å². The Kier molecular flexibility index (Phi) is 3.85. The minimum absolute atomic E-state index is 0.475. The number of aryl methyl sites for hydroxylation is 1. The molecule has 4 rings (SSSR count). The number of ether oxygens (including phenoxy) is 1. The summed E-state index contributed by atoms with van der Waals surface area (Å²) in [4.78, 5) is 4.57. The van der Waals surface area contributed by atoms with E-state index >= 15 is 0 Å². The molecule has 25 heavy (non-hydrogen) atoms. The maximum absolute atomic E-state index is 5.18. The topological polar surface area (TPSA) is 65.2 Å². The Labute approximate surface area is 145 Å². The first kappa shape index (κ1) is 15.3. The van der Waals surface area contributed by atoms with Crippen LogP contribution in [0.15, 0.2) is 54.7 Å². The summed E-state index contributed by atoms with van der Waals surface area (Å²) in [6, 6.07) is 15.9. The number of methoxy groups -OCH3 is 1. The molecule has 6 nitrogen and oxygen atoms in total. The Morgan fingerprint density at radius 1 is 0.920 bits per heavy atom. The Hall–Kier alpha value is -3.28. The van der Waals surface area contributed by atoms with Gasteiger partial charge in [-0.15, -0.1) is 10.2 Å². The fourth-order valence-corrected chi connectivity index (χ4v) is 2.67. The molecule has 2 aromatic heterocycles. The second kappa shape index (κ2) is 6.32. The molecule has 124 valence electrons. The standard InChI is InChI=1S/C19H17N5O/c1-3-13-4-6-15(7-5-13)18-22-23-19-21-17(12-20-24(18)19)14-8-10-16(25-2)11-9-14/h4-12H,3H2,1-2H3. The fraction of sp³-hybridized carbons (Fsp3) is 0.158. The Morgan fingerprint density at radius 2 is 1.64 bits per heavy atom. The molecule has 0 N–H and O–H groups in total. The lowest BCUT2D eigenvalue weighted by Crippen LogP contribution is -1.98. The molecule has 0 aliphatic rings. The number of fused-ring (bicyclic) bond motifs is 1. The normalized spacial score (nSPS) is 11.0. The third-order valence-corrected chi connectivity index (χ3v) is 4.15. The summed E-state index contributed by atoms with van der Waals surface area (Å²) in [5.41, 5.74) is 3.95. The van der Waals surface area contributed by atoms with Gasteiger partial charge in [0.25, 0.3) is 5.78 Å². The van der Waals surface area contributed by atoms with E-state index in [1.54, 1.807) is 17.8 Å². The maximum atomic E-state index is 5.18. The number of aromatic nitrogens is 5. The molecule has 0 saturated carbocycles. The third kappa shape index (κ3) is 2.82. The smallest absolute Gasteiger partial charge is 0.272 e. The number of hydrogen-bond acceptors (Lipinski definition) is 5. The maximum Gasteiger partial charge on any atom is 0.272 e. The van der Waals surface area contributed by atoms with Crippen molar-refractivity contribution < 1.29 is 4.74 Å². The van der Waals surface area contributed by atoms with Crippen LogP contribution in [0.4, 0.5) is 0 Å². The van der Waals surface area contributed by atoms with Crippen molar-refractivity contribution in [3.63, 3.8) is 0 Å². The highest BCUT2D eigenvalue weighted by Gasteiger charge is 2.11. The van der Waals surface area contributed by atoms with Crippen molar-refractivity contribution in [2.24, 2.45) is 0 Å². The molecule has 0 aliphatic carbocycles. The van der Waals surface area contributed by atoms with Crippen LogP contribution in [-0.2, 0) is 6.42 Å². The zero-order valence-corrected chi connectivity index (χ0v) is 14.0. The monoisotopic (exact) mass is 331 g/mol. The fourth-order valence-electron chi connectivity index (χ4n) is 2.67. The summed E-state index contributed by atoms with van der Waals surface area (Å²) >= 11 is 0. The minimum atomic E-state index is 0.475. The van der Waals surface area contributed by atoms with E-state index in [9.17, 15) is 0 Å². The lowest BCUT2D eigenvalue weighted by atomic mass is 10.1. The van der Waals surface area contributed by atoms with E-state index in [1.165, 1.54) is 5.56 Å². The molecule has 0 atom stereocenters. The van der Waals surface area contributed by atoms with E-state index in [0.29, 0.717) is 11.6 Å². The van der Waals surface area contributed by atoms with E-state index in [4.69, 9.17) is 4.74 Å². The van der Waals surface area contributed by atoms with Crippen LogP contribution >= 0.6 is 0 Å². The Balaban J connectivity index is 1.72. The summed E-state index contributed by atoms with van der Waals surface area (Å²) in [5, 5.41) is 12.9. The van der Waals surface area contributed by atoms with Crippen molar-refractivity contribution in [1.29, 1.82) is 0 Å². The molecular formula is C19H17N5O. The van der Waals surface area contributed by atoms with Gasteiger partial charge in [0.05, 0.1) is 19.0 Å². The van der Waals surface area contributed by atoms with Crippen molar-refractivity contribution in [3.05, 3.63) is 60.3 Å². The summed E-state index contributed by atoms with van der Waals surface area (Å²) < 4.78 is 6.84. The molecule has 4 aromatic rings. The van der Waals surface area contributed by atoms with Crippen molar-refractivity contribution in [1.82, 2.24) is 24.8 Å². The first-order valence-corrected chi connectivity index (χ1v) is 8.10. The van der Waals surface area contributed by atoms with Gasteiger partial charge in [-0.2, -0.15) is 9.61 Å². The highest BCUT2D eigenvalue weighted by Crippen LogP contribution is 2.22. The molecule has 2 aromatic carbocycles. The summed E-state index contributed by atoms with van der Waals surface area (Å²) in [6.07, 6.45) is 2.73. The molecule has 0 radical (unpaired) electrons. The van der Waals surface area contributed by atoms with Crippen LogP contribution in [0.25, 0.3) is 28.4 Å². The van der Waals surface area contributed by atoms with Crippen LogP contribution in [0, 0.1) is 0 Å². The average molecular weight is 331 g/mol. The molecule has 0 unspecified atom stereocenters. The van der Waals surface area contributed by atoms with Crippen molar-refractivity contribution in [3.8, 4) is 28.4 Å². The highest BCUT2D eigenvalue weighted by atomic mass is 16.5. The van der Waals surface area contributed by atoms with E-state index in [2.05, 4.69) is 39.3 Å². The molecule has 0 saturated heterocycles. The highest BCUT2D eigenvalue weighted by molar-refractivity contribution is 5.62. The summed E-state index contributed by atoms with van der Waals surface area (Å²) in [7, 11) is 1.64. The second-order valence-electron chi connectivity index (χ2n) is 5.66. The number of hydrogen-bond donors (Lipinski definition) is 0. The largest absolute Gasteiger partial charge is 0.497 e. The number of benzene rings is 2. The van der Waals surface area contributed by atoms with E-state index in [-0.39, 0.29) is 0 Å². The average Bonchev–Trinajstić information content (AvgIpc) is 3.11. The van der Waals surface area contributed by atoms with Crippen LogP contribution in [0.1, 0.15) is 12.5 Å². The van der Waals surface area contributed by atoms with Crippen molar-refractivity contribution >= 4 is 5.78 Å². The van der Waals surface area contributed by atoms with Crippen LogP contribution in [0.3, 0.4) is 0 Å². The zero-order valence-electron chi connectivity index (χ0n) is 14.0. The molecule has 0 spiro atoms. The van der Waals surface area contributed by atoms with Gasteiger partial charge in [-0.3, -0.25) is 0 Å². The van der Waals surface area contributed by atoms with Gasteiger partial charge in [-0.05, 0) is 36.2 Å². The lowest BCUT2D eigenvalue weighted by molar-refractivity contribution is 0.415. The van der Waals surface area contributed by atoms with Crippen molar-refractivity contribution in [2.45, 2.75) is 13.3 Å².